The van der Waals surface area contributed by atoms with E-state index >= 15 is 0 Å². The van der Waals surface area contributed by atoms with E-state index in [1.165, 1.54) is 43.8 Å². The van der Waals surface area contributed by atoms with Crippen LogP contribution in [0.5, 0.6) is 0 Å². The standard InChI is InChI=1S/2C21H20NSi.C2H7Si.2ClH.Zr/c2*1-23(2,3)18-12-15-8-6-9-19(20(15)13-18)17-11-16-7-4-5-10-21(16)22-14-17;1-3-2;;;/h2*4-14H,1-3H3;3H,1-2H3;2*1H;/q;;;;;+2/p-2. The number of nitrogens with zero attached hydrogens (tertiary/aromatic N) is 2. The van der Waals surface area contributed by atoms with Crippen molar-refractivity contribution < 1.29 is 15.6 Å². The Hall–Kier alpha value is -2.71. The van der Waals surface area contributed by atoms with Crippen LogP contribution in [0.1, 0.15) is 29.5 Å². The van der Waals surface area contributed by atoms with Crippen LogP contribution in [0, 0.1) is 0 Å². The van der Waals surface area contributed by atoms with Gasteiger partial charge in [0.1, 0.15) is 0 Å². The van der Waals surface area contributed by atoms with E-state index in [1.54, 1.807) is 0 Å². The SMILES string of the molecule is C[SiH](C)[Zr]([Cl])([Cl])([CH]1C([Si](C)(C)C)=Cc2c(-c3cnc4ccccc4c3)cccc21)[CH]1C([Si](C)(C)C)=Cc2c(-c3cnc4ccccc4c3)cccc21. The maximum absolute atomic E-state index is 8.93. The third-order valence-corrected chi connectivity index (χ3v) is 69.2. The zero-order chi connectivity index (χ0) is 36.8. The van der Waals surface area contributed by atoms with E-state index in [0.29, 0.717) is 0 Å². The van der Waals surface area contributed by atoms with Crippen LogP contribution in [0.3, 0.4) is 0 Å². The molecule has 6 aromatic rings. The zero-order valence-electron chi connectivity index (χ0n) is 31.4. The summed E-state index contributed by atoms with van der Waals surface area (Å²) in [5, 5.41) is 5.36. The van der Waals surface area contributed by atoms with Crippen LogP contribution >= 0.6 is 17.0 Å². The van der Waals surface area contributed by atoms with Gasteiger partial charge in [0.05, 0.1) is 0 Å². The van der Waals surface area contributed by atoms with Gasteiger partial charge in [0.2, 0.25) is 0 Å². The summed E-state index contributed by atoms with van der Waals surface area (Å²) in [5.41, 5.74) is 12.1. The molecule has 0 saturated heterocycles. The first kappa shape index (κ1) is 36.3. The number of hydrogen-bond donors (Lipinski definition) is 0. The molecule has 0 spiro atoms. The summed E-state index contributed by atoms with van der Waals surface area (Å²) in [4.78, 5) is 9.77. The van der Waals surface area contributed by atoms with E-state index in [1.807, 2.05) is 12.4 Å². The Labute approximate surface area is 319 Å². The van der Waals surface area contributed by atoms with Gasteiger partial charge in [0.25, 0.3) is 0 Å². The van der Waals surface area contributed by atoms with E-state index < -0.39 is 37.6 Å². The number of fused-ring (bicyclic) bond motifs is 4. The van der Waals surface area contributed by atoms with E-state index in [-0.39, 0.29) is 7.25 Å². The maximum atomic E-state index is 8.93. The summed E-state index contributed by atoms with van der Waals surface area (Å²) in [6.45, 7) is 19.9. The molecule has 52 heavy (non-hydrogen) atoms. The van der Waals surface area contributed by atoms with Gasteiger partial charge in [-0.1, -0.05) is 0 Å². The number of benzene rings is 4. The summed E-state index contributed by atoms with van der Waals surface area (Å²) in [6.07, 6.45) is 9.16. The molecule has 0 N–H and O–H groups in total. The molecule has 0 radical (unpaired) electrons. The second kappa shape index (κ2) is 12.7. The first-order chi connectivity index (χ1) is 24.6. The third kappa shape index (κ3) is 5.70. The molecule has 263 valence electrons. The second-order valence-electron chi connectivity index (χ2n) is 17.4. The van der Waals surface area contributed by atoms with Crippen molar-refractivity contribution in [3.8, 4) is 22.3 Å². The fourth-order valence-electron chi connectivity index (χ4n) is 9.07. The van der Waals surface area contributed by atoms with Gasteiger partial charge in [-0.25, -0.2) is 0 Å². The van der Waals surface area contributed by atoms with Crippen LogP contribution in [-0.4, -0.2) is 32.0 Å². The molecule has 2 nitrogen and oxygen atoms in total. The normalized spacial score (nSPS) is 18.2. The molecule has 2 aliphatic carbocycles. The van der Waals surface area contributed by atoms with Crippen molar-refractivity contribution in [3.05, 3.63) is 142 Å². The Balaban J connectivity index is 1.37. The molecule has 2 aliphatic rings. The molecule has 4 aromatic carbocycles. The van der Waals surface area contributed by atoms with E-state index in [4.69, 9.17) is 27.0 Å². The first-order valence-corrected chi connectivity index (χ1v) is 41.9. The summed E-state index contributed by atoms with van der Waals surface area (Å²) >= 11 is -5.02. The number of aromatic nitrogens is 2. The predicted octanol–water partition coefficient (Wildman–Crippen LogP) is 13.4. The summed E-state index contributed by atoms with van der Waals surface area (Å²) in [7, 11) is 14.0. The van der Waals surface area contributed by atoms with Crippen molar-refractivity contribution >= 4 is 73.1 Å². The molecule has 2 heterocycles. The molecular formula is C44H47Cl2N2Si3Zr. The van der Waals surface area contributed by atoms with Crippen LogP contribution in [0.4, 0.5) is 0 Å². The van der Waals surface area contributed by atoms with Crippen LogP contribution in [0.2, 0.25) is 52.4 Å². The molecule has 2 aromatic heterocycles. The van der Waals surface area contributed by atoms with Gasteiger partial charge in [-0.3, -0.25) is 0 Å². The minimum absolute atomic E-state index is 0.0631. The van der Waals surface area contributed by atoms with Gasteiger partial charge in [0.15, 0.2) is 0 Å². The van der Waals surface area contributed by atoms with Crippen LogP contribution in [0.25, 0.3) is 56.2 Å². The molecule has 8 rings (SSSR count). The van der Waals surface area contributed by atoms with Gasteiger partial charge in [-0.05, 0) is 0 Å². The van der Waals surface area contributed by atoms with Gasteiger partial charge in [-0.2, -0.15) is 0 Å². The van der Waals surface area contributed by atoms with Crippen molar-refractivity contribution in [2.45, 2.75) is 59.6 Å². The summed E-state index contributed by atoms with van der Waals surface area (Å²) < 4.78 is 0.126. The van der Waals surface area contributed by atoms with Crippen LogP contribution in [-0.2, 0) is 15.6 Å². The predicted molar refractivity (Wildman–Crippen MR) is 233 cm³/mol. The minimum atomic E-state index is -5.02. The van der Waals surface area contributed by atoms with Crippen LogP contribution in [0.15, 0.2) is 120 Å². The summed E-state index contributed by atoms with van der Waals surface area (Å²) in [6, 6.07) is 35.1. The van der Waals surface area contributed by atoms with Gasteiger partial charge in [0, 0.05) is 0 Å². The monoisotopic (exact) mass is 847 g/mol. The Kier molecular flexibility index (Phi) is 8.85. The molecular weight excluding hydrogens is 803 g/mol. The van der Waals surface area contributed by atoms with Crippen LogP contribution < -0.4 is 0 Å². The summed E-state index contributed by atoms with van der Waals surface area (Å²) in [5.74, 6) is -1.73. The number of allylic oxidation sites excluding steroid dienone is 2. The fourth-order valence-corrected chi connectivity index (χ4v) is 55.8. The molecule has 2 unspecified atom stereocenters. The average Bonchev–Trinajstić information content (AvgIpc) is 3.73. The zero-order valence-corrected chi connectivity index (χ0v) is 38.6. The molecule has 0 saturated carbocycles. The Morgan fingerprint density at radius 1 is 0.558 bits per heavy atom. The van der Waals surface area contributed by atoms with Crippen molar-refractivity contribution in [2.75, 3.05) is 0 Å². The molecule has 8 heteroatoms. The molecule has 0 bridgehead atoms. The number of para-hydroxylation sites is 2. The molecule has 0 fully saturated rings. The quantitative estimate of drug-likeness (QED) is 0.150. The number of pyridine rings is 2. The van der Waals surface area contributed by atoms with E-state index in [9.17, 15) is 0 Å². The van der Waals surface area contributed by atoms with Crippen molar-refractivity contribution in [3.63, 3.8) is 0 Å². The van der Waals surface area contributed by atoms with Crippen molar-refractivity contribution in [2.24, 2.45) is 0 Å². The average molecular weight is 850 g/mol. The molecule has 0 amide bonds. The number of halogens is 2. The number of hydrogen-bond acceptors (Lipinski definition) is 2. The molecule has 0 aliphatic heterocycles. The Bertz CT molecular complexity index is 2330. The molecule has 2 atom stereocenters. The van der Waals surface area contributed by atoms with E-state index in [0.717, 1.165) is 32.9 Å². The fraction of sp³-hybridized carbons (Fsp3) is 0.227. The van der Waals surface area contributed by atoms with Gasteiger partial charge >= 0.3 is 323 Å². The number of rotatable bonds is 7. The van der Waals surface area contributed by atoms with E-state index in [2.05, 4.69) is 162 Å². The first-order valence-electron chi connectivity index (χ1n) is 18.5. The van der Waals surface area contributed by atoms with Gasteiger partial charge < -0.3 is 0 Å². The Morgan fingerprint density at radius 3 is 1.35 bits per heavy atom. The Morgan fingerprint density at radius 2 is 0.962 bits per heavy atom. The third-order valence-electron chi connectivity index (χ3n) is 11.9. The van der Waals surface area contributed by atoms with Crippen molar-refractivity contribution in [1.82, 2.24) is 9.97 Å². The second-order valence-corrected chi connectivity index (χ2v) is 70.1. The van der Waals surface area contributed by atoms with Crippen molar-refractivity contribution in [1.29, 1.82) is 0 Å². The topological polar surface area (TPSA) is 25.8 Å². The van der Waals surface area contributed by atoms with Gasteiger partial charge in [-0.15, -0.1) is 0 Å².